The van der Waals surface area contributed by atoms with Crippen molar-refractivity contribution in [1.82, 2.24) is 10.2 Å². The number of methoxy groups -OCH3 is 1. The van der Waals surface area contributed by atoms with E-state index < -0.39 is 64.1 Å². The van der Waals surface area contributed by atoms with Crippen LogP contribution in [-0.2, 0) is 36.9 Å². The van der Waals surface area contributed by atoms with Gasteiger partial charge in [0.15, 0.2) is 11.4 Å². The normalized spacial score (nSPS) is 24.1. The topological polar surface area (TPSA) is 209 Å². The number of aliphatic hydroxyl groups is 3. The third kappa shape index (κ3) is 5.75. The van der Waals surface area contributed by atoms with Crippen molar-refractivity contribution in [2.45, 2.75) is 57.8 Å². The van der Waals surface area contributed by atoms with Crippen molar-refractivity contribution in [2.75, 3.05) is 27.8 Å². The highest BCUT2D eigenvalue weighted by atomic mass is 16.5. The summed E-state index contributed by atoms with van der Waals surface area (Å²) in [5, 5.41) is 48.9. The van der Waals surface area contributed by atoms with Crippen LogP contribution >= 0.6 is 0 Å². The number of esters is 1. The first kappa shape index (κ1) is 35.6. The molecule has 5 atom stereocenters. The molecule has 13 heteroatoms. The summed E-state index contributed by atoms with van der Waals surface area (Å²) in [5.41, 5.74) is 4.09. The fourth-order valence-electron chi connectivity index (χ4n) is 7.62. The Labute approximate surface area is 284 Å². The monoisotopic (exact) mass is 677 g/mol. The summed E-state index contributed by atoms with van der Waals surface area (Å²) >= 11 is 0. The van der Waals surface area contributed by atoms with E-state index in [9.17, 15) is 39.6 Å². The van der Waals surface area contributed by atoms with Crippen molar-refractivity contribution in [3.8, 4) is 22.6 Å². The van der Waals surface area contributed by atoms with Gasteiger partial charge in [-0.05, 0) is 80.6 Å². The number of carbonyl (C=O) groups is 4. The van der Waals surface area contributed by atoms with E-state index in [1.807, 2.05) is 26.0 Å². The minimum atomic E-state index is -2.72. The molecule has 0 aliphatic heterocycles. The van der Waals surface area contributed by atoms with Crippen LogP contribution in [-0.4, -0.2) is 94.3 Å². The predicted octanol–water partition coefficient (Wildman–Crippen LogP) is 2.32. The van der Waals surface area contributed by atoms with E-state index in [2.05, 4.69) is 5.32 Å². The maximum atomic E-state index is 14.2. The standard InChI is InChI=1S/C36H43N3O10/c1-7-49-35(46)28(16(2)3)38-15-17-8-11-24(48-6)20(12-17)19-9-10-23(40)26-21(19)13-18-14-22-29(39(4)5)31(42)27(34(37)45)33(44)36(22,47)32(43)25(18)30(26)41/h8-12,16,18,22,28-29,38,40-41,44,47H,7,13-15H2,1-6H3,(H2,37,45). The molecule has 0 radical (unpaired) electrons. The molecule has 0 spiro atoms. The number of benzene rings is 2. The molecule has 0 aromatic heterocycles. The van der Waals surface area contributed by atoms with Gasteiger partial charge in [-0.25, -0.2) is 0 Å². The van der Waals surface area contributed by atoms with Gasteiger partial charge >= 0.3 is 5.97 Å². The zero-order valence-electron chi connectivity index (χ0n) is 28.4. The fraction of sp³-hybridized carbons (Fsp3) is 0.444. The predicted molar refractivity (Wildman–Crippen MR) is 178 cm³/mol. The molecule has 1 saturated carbocycles. The zero-order valence-corrected chi connectivity index (χ0v) is 28.4. The van der Waals surface area contributed by atoms with Crippen LogP contribution in [0.2, 0.25) is 0 Å². The van der Waals surface area contributed by atoms with Gasteiger partial charge in [0.1, 0.15) is 34.6 Å². The molecule has 0 saturated heterocycles. The molecular weight excluding hydrogens is 634 g/mol. The number of fused-ring (bicyclic) bond motifs is 3. The first-order chi connectivity index (χ1) is 23.1. The van der Waals surface area contributed by atoms with E-state index in [0.29, 0.717) is 29.0 Å². The molecule has 1 amide bonds. The smallest absolute Gasteiger partial charge is 0.323 e. The Morgan fingerprint density at radius 2 is 1.80 bits per heavy atom. The van der Waals surface area contributed by atoms with Gasteiger partial charge in [0.05, 0.1) is 25.3 Å². The Balaban J connectivity index is 1.62. The number of aliphatic hydroxyl groups excluding tert-OH is 2. The molecule has 3 aliphatic carbocycles. The minimum absolute atomic E-state index is 0.0263. The molecule has 5 rings (SSSR count). The zero-order chi connectivity index (χ0) is 36.1. The van der Waals surface area contributed by atoms with Crippen LogP contribution in [0.4, 0.5) is 0 Å². The highest BCUT2D eigenvalue weighted by Crippen LogP contribution is 2.54. The molecule has 1 fully saturated rings. The highest BCUT2D eigenvalue weighted by molar-refractivity contribution is 6.24. The SMILES string of the molecule is CCOC(=O)C(NCc1ccc(OC)c(-c2ccc(O)c3c2CC2CC4C(N(C)C)C(=O)C(C(N)=O)=C(O)C4(O)C(=O)C2=C3O)c1)C(C)C. The molecule has 0 heterocycles. The van der Waals surface area contributed by atoms with Gasteiger partial charge in [0, 0.05) is 23.6 Å². The fourth-order valence-corrected chi connectivity index (χ4v) is 7.62. The number of phenolic OH excluding ortho intramolecular Hbond substituents is 1. The summed E-state index contributed by atoms with van der Waals surface area (Å²) < 4.78 is 10.9. The molecule has 5 unspecified atom stereocenters. The first-order valence-corrected chi connectivity index (χ1v) is 16.2. The Hall–Kier alpha value is -4.72. The Morgan fingerprint density at radius 1 is 1.10 bits per heavy atom. The van der Waals surface area contributed by atoms with E-state index in [1.54, 1.807) is 33.2 Å². The van der Waals surface area contributed by atoms with Crippen LogP contribution in [0.5, 0.6) is 11.5 Å². The maximum absolute atomic E-state index is 14.2. The number of aromatic hydroxyl groups is 1. The summed E-state index contributed by atoms with van der Waals surface area (Å²) in [6, 6.07) is 6.82. The van der Waals surface area contributed by atoms with Crippen molar-refractivity contribution < 1.29 is 49.1 Å². The number of carbonyl (C=O) groups excluding carboxylic acids is 4. The summed E-state index contributed by atoms with van der Waals surface area (Å²) in [4.78, 5) is 53.8. The van der Waals surface area contributed by atoms with Crippen LogP contribution in [0.25, 0.3) is 16.9 Å². The lowest BCUT2D eigenvalue weighted by atomic mass is 9.57. The van der Waals surface area contributed by atoms with Crippen molar-refractivity contribution in [3.05, 3.63) is 63.9 Å². The van der Waals surface area contributed by atoms with Gasteiger partial charge in [-0.2, -0.15) is 0 Å². The number of ether oxygens (including phenoxy) is 2. The van der Waals surface area contributed by atoms with Crippen LogP contribution in [0.3, 0.4) is 0 Å². The quantitative estimate of drug-likeness (QED) is 0.158. The summed E-state index contributed by atoms with van der Waals surface area (Å²) in [5.74, 6) is -7.06. The summed E-state index contributed by atoms with van der Waals surface area (Å²) in [7, 11) is 4.61. The molecule has 7 N–H and O–H groups in total. The molecular formula is C36H43N3O10. The molecule has 2 aromatic carbocycles. The summed E-state index contributed by atoms with van der Waals surface area (Å²) in [6.07, 6.45) is 0.0780. The number of likely N-dealkylation sites (N-methyl/N-ethyl adjacent to an activating group) is 1. The van der Waals surface area contributed by atoms with Crippen molar-refractivity contribution in [2.24, 2.45) is 23.5 Å². The van der Waals surface area contributed by atoms with Gasteiger partial charge < -0.3 is 41.0 Å². The number of phenols is 1. The average molecular weight is 678 g/mol. The lowest BCUT2D eigenvalue weighted by molar-refractivity contribution is -0.153. The molecule has 0 bridgehead atoms. The van der Waals surface area contributed by atoms with Crippen molar-refractivity contribution >= 4 is 29.2 Å². The molecule has 2 aromatic rings. The van der Waals surface area contributed by atoms with Crippen LogP contribution < -0.4 is 15.8 Å². The molecule has 49 heavy (non-hydrogen) atoms. The van der Waals surface area contributed by atoms with Crippen LogP contribution in [0, 0.1) is 17.8 Å². The minimum Gasteiger partial charge on any atom is -0.508 e. The van der Waals surface area contributed by atoms with Crippen molar-refractivity contribution in [3.63, 3.8) is 0 Å². The third-order valence-electron chi connectivity index (χ3n) is 9.89. The number of hydrogen-bond acceptors (Lipinski definition) is 12. The number of ketones is 2. The van der Waals surface area contributed by atoms with E-state index in [0.717, 1.165) is 5.56 Å². The second kappa shape index (κ2) is 13.3. The largest absolute Gasteiger partial charge is 0.508 e. The summed E-state index contributed by atoms with van der Waals surface area (Å²) in [6.45, 7) is 6.16. The number of nitrogens with two attached hydrogens (primary N) is 1. The van der Waals surface area contributed by atoms with Gasteiger partial charge in [0.25, 0.3) is 5.91 Å². The highest BCUT2D eigenvalue weighted by Gasteiger charge is 2.64. The number of hydrogen-bond donors (Lipinski definition) is 6. The second-order valence-electron chi connectivity index (χ2n) is 13.3. The number of primary amides is 1. The van der Waals surface area contributed by atoms with Gasteiger partial charge in [-0.1, -0.05) is 26.0 Å². The van der Waals surface area contributed by atoms with Gasteiger partial charge in [0.2, 0.25) is 5.78 Å². The Bertz CT molecular complexity index is 1790. The number of nitrogens with zero attached hydrogens (tertiary/aromatic N) is 1. The van der Waals surface area contributed by atoms with Crippen molar-refractivity contribution in [1.29, 1.82) is 0 Å². The Morgan fingerprint density at radius 3 is 2.39 bits per heavy atom. The average Bonchev–Trinajstić information content (AvgIpc) is 3.02. The van der Waals surface area contributed by atoms with E-state index in [1.165, 1.54) is 18.1 Å². The number of amides is 1. The van der Waals surface area contributed by atoms with Crippen LogP contribution in [0.1, 0.15) is 43.9 Å². The van der Waals surface area contributed by atoms with Crippen LogP contribution in [0.15, 0.2) is 47.2 Å². The Kier molecular flexibility index (Phi) is 9.66. The number of Topliss-reactive ketones (excluding diaryl/α,β-unsaturated/α-hetero) is 2. The van der Waals surface area contributed by atoms with E-state index in [-0.39, 0.29) is 48.2 Å². The second-order valence-corrected chi connectivity index (χ2v) is 13.3. The first-order valence-electron chi connectivity index (χ1n) is 16.2. The lowest BCUT2D eigenvalue weighted by Crippen LogP contribution is -2.65. The van der Waals surface area contributed by atoms with Gasteiger partial charge in [-0.3, -0.25) is 24.1 Å². The van der Waals surface area contributed by atoms with E-state index in [4.69, 9.17) is 15.2 Å². The maximum Gasteiger partial charge on any atom is 0.323 e. The molecule has 13 nitrogen and oxygen atoms in total. The molecule has 262 valence electrons. The molecule has 3 aliphatic rings. The van der Waals surface area contributed by atoms with E-state index >= 15 is 0 Å². The number of rotatable bonds is 10. The van der Waals surface area contributed by atoms with Gasteiger partial charge in [-0.15, -0.1) is 0 Å². The lowest BCUT2D eigenvalue weighted by Gasteiger charge is -2.50. The third-order valence-corrected chi connectivity index (χ3v) is 9.89. The number of nitrogens with one attached hydrogen (secondary N) is 1.